The lowest BCUT2D eigenvalue weighted by Gasteiger charge is -2.08. The van der Waals surface area contributed by atoms with E-state index in [0.29, 0.717) is 0 Å². The fourth-order valence-corrected chi connectivity index (χ4v) is 3.26. The molecule has 3 aromatic carbocycles. The van der Waals surface area contributed by atoms with E-state index in [4.69, 9.17) is 0 Å². The van der Waals surface area contributed by atoms with Gasteiger partial charge in [-0.2, -0.15) is 0 Å². The number of benzene rings is 3. The molecule has 0 aliphatic heterocycles. The van der Waals surface area contributed by atoms with Crippen LogP contribution in [0, 0.1) is 6.92 Å². The monoisotopic (exact) mass is 335 g/mol. The van der Waals surface area contributed by atoms with Crippen LogP contribution in [0.2, 0.25) is 0 Å². The molecule has 0 radical (unpaired) electrons. The summed E-state index contributed by atoms with van der Waals surface area (Å²) in [6.45, 7) is 2.12. The van der Waals surface area contributed by atoms with E-state index >= 15 is 0 Å². The number of aryl methyl sites for hydroxylation is 1. The van der Waals surface area contributed by atoms with E-state index < -0.39 is 0 Å². The summed E-state index contributed by atoms with van der Waals surface area (Å²) < 4.78 is 3.43. The zero-order chi connectivity index (χ0) is 14.4. The molecule has 0 aliphatic carbocycles. The maximum atomic E-state index is 3.59. The van der Waals surface area contributed by atoms with Crippen LogP contribution in [0.1, 0.15) is 5.56 Å². The van der Waals surface area contributed by atoms with Crippen molar-refractivity contribution in [1.29, 1.82) is 0 Å². The van der Waals surface area contributed by atoms with Crippen LogP contribution < -0.4 is 0 Å². The lowest BCUT2D eigenvalue weighted by Crippen LogP contribution is -1.93. The molecule has 21 heavy (non-hydrogen) atoms. The standard InChI is InChI=1S/C19H14BrN/c1-13-6-9-15(10-7-13)21-18-5-3-2-4-16(18)17-11-8-14(20)12-19(17)21/h2-12H,1H3. The first-order valence-corrected chi connectivity index (χ1v) is 7.79. The van der Waals surface area contributed by atoms with E-state index in [1.165, 1.54) is 33.1 Å². The Morgan fingerprint density at radius 3 is 2.29 bits per heavy atom. The van der Waals surface area contributed by atoms with Crippen LogP contribution >= 0.6 is 15.9 Å². The molecule has 0 unspecified atom stereocenters. The van der Waals surface area contributed by atoms with Gasteiger partial charge in [0.15, 0.2) is 0 Å². The fraction of sp³-hybridized carbons (Fsp3) is 0.0526. The van der Waals surface area contributed by atoms with Crippen molar-refractivity contribution >= 4 is 37.7 Å². The van der Waals surface area contributed by atoms with Gasteiger partial charge >= 0.3 is 0 Å². The largest absolute Gasteiger partial charge is 0.309 e. The molecule has 0 atom stereocenters. The van der Waals surface area contributed by atoms with E-state index in [1.54, 1.807) is 0 Å². The van der Waals surface area contributed by atoms with Gasteiger partial charge in [0.2, 0.25) is 0 Å². The second kappa shape index (κ2) is 4.74. The predicted octanol–water partition coefficient (Wildman–Crippen LogP) is 5.85. The number of nitrogens with zero attached hydrogens (tertiary/aromatic N) is 1. The Bertz CT molecular complexity index is 949. The van der Waals surface area contributed by atoms with Crippen LogP contribution in [-0.4, -0.2) is 4.57 Å². The summed E-state index contributed by atoms with van der Waals surface area (Å²) in [5.74, 6) is 0. The van der Waals surface area contributed by atoms with Crippen molar-refractivity contribution in [3.05, 3.63) is 76.8 Å². The van der Waals surface area contributed by atoms with Crippen molar-refractivity contribution < 1.29 is 0 Å². The quantitative estimate of drug-likeness (QED) is 0.411. The first-order valence-electron chi connectivity index (χ1n) is 7.00. The van der Waals surface area contributed by atoms with Crippen molar-refractivity contribution in [2.75, 3.05) is 0 Å². The minimum absolute atomic E-state index is 1.10. The molecule has 2 heteroatoms. The Labute approximate surface area is 132 Å². The molecule has 0 fully saturated rings. The van der Waals surface area contributed by atoms with Crippen molar-refractivity contribution in [3.63, 3.8) is 0 Å². The van der Waals surface area contributed by atoms with Crippen molar-refractivity contribution in [1.82, 2.24) is 4.57 Å². The van der Waals surface area contributed by atoms with E-state index in [1.807, 2.05) is 0 Å². The van der Waals surface area contributed by atoms with E-state index in [2.05, 4.69) is 94.2 Å². The minimum Gasteiger partial charge on any atom is -0.309 e. The van der Waals surface area contributed by atoms with Crippen LogP contribution in [0.25, 0.3) is 27.5 Å². The summed E-state index contributed by atoms with van der Waals surface area (Å²) in [4.78, 5) is 0. The maximum Gasteiger partial charge on any atom is 0.0552 e. The van der Waals surface area contributed by atoms with Gasteiger partial charge in [0.25, 0.3) is 0 Å². The van der Waals surface area contributed by atoms with Gasteiger partial charge in [0, 0.05) is 20.9 Å². The summed E-state index contributed by atoms with van der Waals surface area (Å²) in [6, 6.07) is 23.7. The van der Waals surface area contributed by atoms with Crippen molar-refractivity contribution in [3.8, 4) is 5.69 Å². The van der Waals surface area contributed by atoms with Crippen LogP contribution in [0.4, 0.5) is 0 Å². The van der Waals surface area contributed by atoms with Crippen molar-refractivity contribution in [2.45, 2.75) is 6.92 Å². The van der Waals surface area contributed by atoms with Crippen LogP contribution in [0.15, 0.2) is 71.2 Å². The van der Waals surface area contributed by atoms with Gasteiger partial charge in [-0.1, -0.05) is 57.9 Å². The summed E-state index contributed by atoms with van der Waals surface area (Å²) in [5, 5.41) is 2.58. The summed E-state index contributed by atoms with van der Waals surface area (Å²) >= 11 is 3.59. The average Bonchev–Trinajstić information content (AvgIpc) is 2.82. The highest BCUT2D eigenvalue weighted by atomic mass is 79.9. The van der Waals surface area contributed by atoms with E-state index in [0.717, 1.165) is 4.47 Å². The lowest BCUT2D eigenvalue weighted by molar-refractivity contribution is 1.17. The summed E-state index contributed by atoms with van der Waals surface area (Å²) in [5.41, 5.74) is 4.95. The topological polar surface area (TPSA) is 4.93 Å². The second-order valence-corrected chi connectivity index (χ2v) is 6.27. The van der Waals surface area contributed by atoms with Crippen LogP contribution in [0.3, 0.4) is 0 Å². The molecular weight excluding hydrogens is 322 g/mol. The third-order valence-corrected chi connectivity index (χ3v) is 4.42. The van der Waals surface area contributed by atoms with Gasteiger partial charge in [-0.05, 0) is 37.3 Å². The fourth-order valence-electron chi connectivity index (χ4n) is 2.92. The number of halogens is 1. The summed E-state index contributed by atoms with van der Waals surface area (Å²) in [6.07, 6.45) is 0. The molecule has 0 N–H and O–H groups in total. The lowest BCUT2D eigenvalue weighted by atomic mass is 10.2. The molecule has 1 heterocycles. The number of hydrogen-bond acceptors (Lipinski definition) is 0. The predicted molar refractivity (Wildman–Crippen MR) is 93.2 cm³/mol. The highest BCUT2D eigenvalue weighted by molar-refractivity contribution is 9.10. The highest BCUT2D eigenvalue weighted by Crippen LogP contribution is 2.33. The third-order valence-electron chi connectivity index (χ3n) is 3.93. The molecule has 0 amide bonds. The molecule has 0 saturated carbocycles. The molecule has 0 saturated heterocycles. The van der Waals surface area contributed by atoms with E-state index in [9.17, 15) is 0 Å². The SMILES string of the molecule is Cc1ccc(-n2c3ccccc3c3ccc(Br)cc32)cc1. The Morgan fingerprint density at radius 1 is 0.762 bits per heavy atom. The molecule has 4 rings (SSSR count). The Morgan fingerprint density at radius 2 is 1.48 bits per heavy atom. The molecular formula is C19H14BrN. The van der Waals surface area contributed by atoms with Gasteiger partial charge in [0.1, 0.15) is 0 Å². The molecule has 1 nitrogen and oxygen atoms in total. The van der Waals surface area contributed by atoms with Crippen LogP contribution in [0.5, 0.6) is 0 Å². The second-order valence-electron chi connectivity index (χ2n) is 5.35. The van der Waals surface area contributed by atoms with Crippen LogP contribution in [-0.2, 0) is 0 Å². The van der Waals surface area contributed by atoms with Crippen molar-refractivity contribution in [2.24, 2.45) is 0 Å². The van der Waals surface area contributed by atoms with Gasteiger partial charge in [-0.3, -0.25) is 0 Å². The third kappa shape index (κ3) is 1.98. The number of fused-ring (bicyclic) bond motifs is 3. The number of hydrogen-bond donors (Lipinski definition) is 0. The molecule has 0 spiro atoms. The molecule has 102 valence electrons. The molecule has 1 aromatic heterocycles. The highest BCUT2D eigenvalue weighted by Gasteiger charge is 2.11. The Balaban J connectivity index is 2.18. The van der Waals surface area contributed by atoms with Gasteiger partial charge in [0.05, 0.1) is 11.0 Å². The number of rotatable bonds is 1. The number of aromatic nitrogens is 1. The maximum absolute atomic E-state index is 3.59. The normalized spacial score (nSPS) is 11.3. The van der Waals surface area contributed by atoms with Gasteiger partial charge in [-0.15, -0.1) is 0 Å². The first-order chi connectivity index (χ1) is 10.2. The molecule has 0 aliphatic rings. The molecule has 0 bridgehead atoms. The summed E-state index contributed by atoms with van der Waals surface area (Å²) in [7, 11) is 0. The zero-order valence-electron chi connectivity index (χ0n) is 11.7. The first kappa shape index (κ1) is 12.7. The molecule has 4 aromatic rings. The minimum atomic E-state index is 1.10. The van der Waals surface area contributed by atoms with E-state index in [-0.39, 0.29) is 0 Å². The average molecular weight is 336 g/mol. The zero-order valence-corrected chi connectivity index (χ0v) is 13.3. The number of para-hydroxylation sites is 1. The Hall–Kier alpha value is -2.06. The smallest absolute Gasteiger partial charge is 0.0552 e. The Kier molecular flexibility index (Phi) is 2.86. The van der Waals surface area contributed by atoms with Gasteiger partial charge in [-0.25, -0.2) is 0 Å². The van der Waals surface area contributed by atoms with Gasteiger partial charge < -0.3 is 4.57 Å².